The summed E-state index contributed by atoms with van der Waals surface area (Å²) in [4.78, 5) is 5.51. The summed E-state index contributed by atoms with van der Waals surface area (Å²) in [7, 11) is 3.00. The first-order valence-electron chi connectivity index (χ1n) is 9.23. The minimum atomic E-state index is -0.0359. The van der Waals surface area contributed by atoms with Crippen molar-refractivity contribution in [1.82, 2.24) is 4.68 Å². The maximum atomic E-state index is 10.1. The van der Waals surface area contributed by atoms with Crippen LogP contribution in [0.4, 0.5) is 0 Å². The number of aryl methyl sites for hydroxylation is 1. The van der Waals surface area contributed by atoms with Crippen LogP contribution in [-0.2, 0) is 0 Å². The zero-order valence-electron chi connectivity index (χ0n) is 17.2. The van der Waals surface area contributed by atoms with Crippen LogP contribution in [0.25, 0.3) is 11.3 Å². The molecule has 0 amide bonds. The fourth-order valence-corrected chi connectivity index (χ4v) is 3.73. The molecule has 7 heteroatoms. The highest BCUT2D eigenvalue weighted by Crippen LogP contribution is 2.36. The second-order valence-corrected chi connectivity index (χ2v) is 7.66. The summed E-state index contributed by atoms with van der Waals surface area (Å²) >= 11 is 1.55. The number of hydrogen-bond acceptors (Lipinski definition) is 6. The van der Waals surface area contributed by atoms with Crippen molar-refractivity contribution in [3.05, 3.63) is 57.7 Å². The number of hydrogen-bond donors (Lipinski definition) is 1. The molecule has 1 aromatic heterocycles. The van der Waals surface area contributed by atoms with Crippen LogP contribution >= 0.6 is 11.3 Å². The molecule has 0 radical (unpaired) electrons. The van der Waals surface area contributed by atoms with E-state index >= 15 is 0 Å². The summed E-state index contributed by atoms with van der Waals surface area (Å²) in [6.45, 7) is 6.14. The van der Waals surface area contributed by atoms with Crippen molar-refractivity contribution < 1.29 is 14.6 Å². The van der Waals surface area contributed by atoms with Crippen LogP contribution in [-0.4, -0.2) is 36.3 Å². The van der Waals surface area contributed by atoms with E-state index in [4.69, 9.17) is 14.5 Å². The van der Waals surface area contributed by atoms with Crippen LogP contribution in [0.3, 0.4) is 0 Å². The molecule has 0 aliphatic heterocycles. The van der Waals surface area contributed by atoms with Crippen molar-refractivity contribution in [3.8, 4) is 28.5 Å². The van der Waals surface area contributed by atoms with Crippen molar-refractivity contribution in [2.75, 3.05) is 14.2 Å². The van der Waals surface area contributed by atoms with Crippen molar-refractivity contribution in [3.63, 3.8) is 0 Å². The van der Waals surface area contributed by atoms with Crippen LogP contribution in [0.15, 0.2) is 51.9 Å². The predicted molar refractivity (Wildman–Crippen MR) is 117 cm³/mol. The number of nitrogens with zero attached hydrogens (tertiary/aromatic N) is 3. The molecular formula is C22H25N3O3S. The average molecular weight is 412 g/mol. The molecule has 29 heavy (non-hydrogen) atoms. The Hall–Kier alpha value is -3.06. The molecular weight excluding hydrogens is 386 g/mol. The number of aromatic hydroxyl groups is 1. The van der Waals surface area contributed by atoms with Crippen LogP contribution in [0, 0.1) is 6.92 Å². The number of rotatable bonds is 6. The van der Waals surface area contributed by atoms with E-state index in [2.05, 4.69) is 41.7 Å². The van der Waals surface area contributed by atoms with Crippen LogP contribution in [0.5, 0.6) is 17.2 Å². The Bertz CT molecular complexity index is 1050. The Balaban J connectivity index is 2.10. The SMILES string of the molecule is COc1cc(C=Nn2c(-c3ccc(C)cc3)csc2=NC(C)C)cc(OC)c1O. The molecule has 0 bridgehead atoms. The number of ether oxygens (including phenoxy) is 2. The van der Waals surface area contributed by atoms with Gasteiger partial charge >= 0.3 is 0 Å². The van der Waals surface area contributed by atoms with Crippen molar-refractivity contribution in [1.29, 1.82) is 0 Å². The molecule has 3 aromatic rings. The Morgan fingerprint density at radius 2 is 1.69 bits per heavy atom. The fraction of sp³-hybridized carbons (Fsp3) is 0.273. The Morgan fingerprint density at radius 1 is 1.07 bits per heavy atom. The van der Waals surface area contributed by atoms with Gasteiger partial charge in [-0.3, -0.25) is 4.99 Å². The minimum Gasteiger partial charge on any atom is -0.502 e. The van der Waals surface area contributed by atoms with Crippen molar-refractivity contribution in [2.24, 2.45) is 10.1 Å². The quantitative estimate of drug-likeness (QED) is 0.610. The fourth-order valence-electron chi connectivity index (χ4n) is 2.76. The van der Waals surface area contributed by atoms with Crippen molar-refractivity contribution in [2.45, 2.75) is 26.8 Å². The highest BCUT2D eigenvalue weighted by molar-refractivity contribution is 7.07. The van der Waals surface area contributed by atoms with E-state index in [1.807, 2.05) is 18.5 Å². The molecule has 2 aromatic carbocycles. The van der Waals surface area contributed by atoms with Gasteiger partial charge in [-0.15, -0.1) is 11.3 Å². The van der Waals surface area contributed by atoms with E-state index in [0.717, 1.165) is 21.6 Å². The zero-order chi connectivity index (χ0) is 21.0. The van der Waals surface area contributed by atoms with E-state index in [0.29, 0.717) is 11.5 Å². The van der Waals surface area contributed by atoms with E-state index in [-0.39, 0.29) is 11.8 Å². The standard InChI is InChI=1S/C22H25N3O3S/c1-14(2)24-22-25(18(13-29-22)17-8-6-15(3)7-9-17)23-12-16-10-19(27-4)21(26)20(11-16)28-5/h6-14,26H,1-5H3. The van der Waals surface area contributed by atoms with Gasteiger partial charge in [-0.05, 0) is 32.9 Å². The third kappa shape index (κ3) is 4.68. The first kappa shape index (κ1) is 20.7. The largest absolute Gasteiger partial charge is 0.502 e. The number of thiazole rings is 1. The summed E-state index contributed by atoms with van der Waals surface area (Å²) < 4.78 is 12.3. The van der Waals surface area contributed by atoms with E-state index in [1.54, 1.807) is 29.7 Å². The van der Waals surface area contributed by atoms with Crippen molar-refractivity contribution >= 4 is 17.6 Å². The van der Waals surface area contributed by atoms with Crippen LogP contribution in [0.2, 0.25) is 0 Å². The molecule has 0 aliphatic rings. The maximum absolute atomic E-state index is 10.1. The number of phenolic OH excluding ortho intramolecular Hbond substituents is 1. The number of methoxy groups -OCH3 is 2. The van der Waals surface area contributed by atoms with Gasteiger partial charge < -0.3 is 14.6 Å². The monoisotopic (exact) mass is 411 g/mol. The number of aromatic nitrogens is 1. The van der Waals surface area contributed by atoms with Crippen LogP contribution < -0.4 is 14.3 Å². The van der Waals surface area contributed by atoms with E-state index < -0.39 is 0 Å². The molecule has 0 fully saturated rings. The summed E-state index contributed by atoms with van der Waals surface area (Å²) in [6.07, 6.45) is 1.70. The average Bonchev–Trinajstić information content (AvgIpc) is 3.09. The smallest absolute Gasteiger partial charge is 0.206 e. The lowest BCUT2D eigenvalue weighted by molar-refractivity contribution is 0.340. The predicted octanol–water partition coefficient (Wildman–Crippen LogP) is 4.44. The summed E-state index contributed by atoms with van der Waals surface area (Å²) in [5, 5.41) is 16.9. The molecule has 0 aliphatic carbocycles. The van der Waals surface area contributed by atoms with Gasteiger partial charge in [-0.25, -0.2) is 4.68 Å². The van der Waals surface area contributed by atoms with Gasteiger partial charge in [-0.1, -0.05) is 29.8 Å². The highest BCUT2D eigenvalue weighted by Gasteiger charge is 2.11. The van der Waals surface area contributed by atoms with Crippen LogP contribution in [0.1, 0.15) is 25.0 Å². The Labute approximate surface area is 174 Å². The molecule has 6 nitrogen and oxygen atoms in total. The lowest BCUT2D eigenvalue weighted by Gasteiger charge is -2.09. The minimum absolute atomic E-state index is 0.0359. The second-order valence-electron chi connectivity index (χ2n) is 6.82. The first-order chi connectivity index (χ1) is 13.9. The van der Waals surface area contributed by atoms with E-state index in [1.165, 1.54) is 19.8 Å². The number of benzene rings is 2. The molecule has 0 saturated heterocycles. The van der Waals surface area contributed by atoms with E-state index in [9.17, 15) is 5.11 Å². The van der Waals surface area contributed by atoms with Gasteiger partial charge in [-0.2, -0.15) is 5.10 Å². The number of phenols is 1. The molecule has 0 atom stereocenters. The Morgan fingerprint density at radius 3 is 2.24 bits per heavy atom. The van der Waals surface area contributed by atoms with Gasteiger partial charge in [0, 0.05) is 22.5 Å². The molecule has 3 rings (SSSR count). The maximum Gasteiger partial charge on any atom is 0.206 e. The lowest BCUT2D eigenvalue weighted by atomic mass is 10.1. The summed E-state index contributed by atoms with van der Waals surface area (Å²) in [5.74, 6) is 0.616. The third-order valence-electron chi connectivity index (χ3n) is 4.23. The molecule has 152 valence electrons. The van der Waals surface area contributed by atoms with Gasteiger partial charge in [0.25, 0.3) is 0 Å². The molecule has 0 unspecified atom stereocenters. The lowest BCUT2D eigenvalue weighted by Crippen LogP contribution is -2.14. The normalized spacial score (nSPS) is 12.1. The topological polar surface area (TPSA) is 68.3 Å². The van der Waals surface area contributed by atoms with Gasteiger partial charge in [0.15, 0.2) is 11.5 Å². The third-order valence-corrected chi connectivity index (χ3v) is 5.06. The molecule has 1 heterocycles. The van der Waals surface area contributed by atoms with Gasteiger partial charge in [0.05, 0.1) is 26.1 Å². The molecule has 1 N–H and O–H groups in total. The van der Waals surface area contributed by atoms with Gasteiger partial charge in [0.1, 0.15) is 0 Å². The second kappa shape index (κ2) is 8.96. The van der Waals surface area contributed by atoms with Gasteiger partial charge in [0.2, 0.25) is 10.6 Å². The Kier molecular flexibility index (Phi) is 6.39. The summed E-state index contributed by atoms with van der Waals surface area (Å²) in [5.41, 5.74) is 3.97. The highest BCUT2D eigenvalue weighted by atomic mass is 32.1. The summed E-state index contributed by atoms with van der Waals surface area (Å²) in [6, 6.07) is 11.9. The first-order valence-corrected chi connectivity index (χ1v) is 10.1. The molecule has 0 spiro atoms. The molecule has 0 saturated carbocycles. The zero-order valence-corrected chi connectivity index (χ0v) is 18.0.